The predicted molar refractivity (Wildman–Crippen MR) is 85.6 cm³/mol. The molecule has 1 aromatic carbocycles. The maximum absolute atomic E-state index is 6.20. The molecule has 3 unspecified atom stereocenters. The van der Waals surface area contributed by atoms with Gasteiger partial charge in [-0.3, -0.25) is 0 Å². The molecule has 2 rings (SSSR count). The summed E-state index contributed by atoms with van der Waals surface area (Å²) < 4.78 is 5.71. The summed E-state index contributed by atoms with van der Waals surface area (Å²) in [7, 11) is 0. The molecule has 1 aliphatic heterocycles. The van der Waals surface area contributed by atoms with E-state index in [0.29, 0.717) is 6.04 Å². The summed E-state index contributed by atoms with van der Waals surface area (Å²) in [5.41, 5.74) is 8.62. The van der Waals surface area contributed by atoms with Crippen LogP contribution in [0.15, 0.2) is 18.2 Å². The third-order valence-electron chi connectivity index (χ3n) is 3.97. The first kappa shape index (κ1) is 15.6. The van der Waals surface area contributed by atoms with Gasteiger partial charge in [-0.25, -0.2) is 0 Å². The zero-order valence-corrected chi connectivity index (χ0v) is 13.4. The van der Waals surface area contributed by atoms with Crippen LogP contribution in [-0.4, -0.2) is 31.3 Å². The fourth-order valence-electron chi connectivity index (χ4n) is 2.64. The molecule has 1 fully saturated rings. The number of rotatable bonds is 4. The Hall–Kier alpha value is -0.770. The molecule has 1 aliphatic rings. The molecule has 4 heteroatoms. The molecule has 0 amide bonds. The standard InChI is InChI=1S/C16H25ClN2O/c1-4-15(18)7-13-5-6-14(17)8-16(13)19-9-12(3)20-10-11(19)2/h5-6,8,11-12,15H,4,7,9-10,18H2,1-3H3. The van der Waals surface area contributed by atoms with Gasteiger partial charge in [0.25, 0.3) is 0 Å². The fraction of sp³-hybridized carbons (Fsp3) is 0.625. The lowest BCUT2D eigenvalue weighted by Crippen LogP contribution is -2.48. The van der Waals surface area contributed by atoms with Gasteiger partial charge in [0.05, 0.1) is 12.7 Å². The van der Waals surface area contributed by atoms with Crippen LogP contribution in [0.4, 0.5) is 5.69 Å². The molecule has 112 valence electrons. The summed E-state index contributed by atoms with van der Waals surface area (Å²) in [6.45, 7) is 8.08. The third kappa shape index (κ3) is 3.66. The van der Waals surface area contributed by atoms with E-state index in [-0.39, 0.29) is 12.1 Å². The van der Waals surface area contributed by atoms with Crippen molar-refractivity contribution in [3.05, 3.63) is 28.8 Å². The van der Waals surface area contributed by atoms with Crippen molar-refractivity contribution in [1.29, 1.82) is 0 Å². The summed E-state index contributed by atoms with van der Waals surface area (Å²) in [5, 5.41) is 0.778. The van der Waals surface area contributed by atoms with Crippen molar-refractivity contribution in [2.45, 2.75) is 51.8 Å². The minimum atomic E-state index is 0.198. The van der Waals surface area contributed by atoms with Crippen LogP contribution in [0.3, 0.4) is 0 Å². The van der Waals surface area contributed by atoms with E-state index >= 15 is 0 Å². The average molecular weight is 297 g/mol. The average Bonchev–Trinajstić information content (AvgIpc) is 2.43. The molecule has 2 N–H and O–H groups in total. The molecule has 1 heterocycles. The van der Waals surface area contributed by atoms with Gasteiger partial charge in [-0.1, -0.05) is 24.6 Å². The predicted octanol–water partition coefficient (Wildman–Crippen LogP) is 3.23. The van der Waals surface area contributed by atoms with Crippen LogP contribution in [-0.2, 0) is 11.2 Å². The van der Waals surface area contributed by atoms with Crippen LogP contribution in [0, 0.1) is 0 Å². The number of hydrogen-bond acceptors (Lipinski definition) is 3. The van der Waals surface area contributed by atoms with Crippen molar-refractivity contribution < 1.29 is 4.74 Å². The molecular weight excluding hydrogens is 272 g/mol. The number of hydrogen-bond donors (Lipinski definition) is 1. The Morgan fingerprint density at radius 2 is 2.20 bits per heavy atom. The Balaban J connectivity index is 2.30. The van der Waals surface area contributed by atoms with Crippen molar-refractivity contribution in [1.82, 2.24) is 0 Å². The summed E-state index contributed by atoms with van der Waals surface area (Å²) in [4.78, 5) is 2.40. The van der Waals surface area contributed by atoms with E-state index < -0.39 is 0 Å². The number of anilines is 1. The van der Waals surface area contributed by atoms with Crippen molar-refractivity contribution in [2.24, 2.45) is 5.73 Å². The Bertz CT molecular complexity index is 452. The lowest BCUT2D eigenvalue weighted by Gasteiger charge is -2.39. The molecule has 20 heavy (non-hydrogen) atoms. The molecule has 1 aromatic rings. The largest absolute Gasteiger partial charge is 0.375 e. The first-order chi connectivity index (χ1) is 9.51. The normalized spacial score (nSPS) is 24.8. The summed E-state index contributed by atoms with van der Waals surface area (Å²) in [5.74, 6) is 0. The summed E-state index contributed by atoms with van der Waals surface area (Å²) in [6.07, 6.45) is 2.12. The molecule has 3 nitrogen and oxygen atoms in total. The van der Waals surface area contributed by atoms with Crippen LogP contribution in [0.1, 0.15) is 32.8 Å². The Morgan fingerprint density at radius 1 is 1.45 bits per heavy atom. The van der Waals surface area contributed by atoms with Gasteiger partial charge in [-0.15, -0.1) is 0 Å². The molecule has 1 saturated heterocycles. The van der Waals surface area contributed by atoms with E-state index in [1.807, 2.05) is 6.07 Å². The van der Waals surface area contributed by atoms with E-state index in [4.69, 9.17) is 22.1 Å². The fourth-order valence-corrected chi connectivity index (χ4v) is 2.81. The monoisotopic (exact) mass is 296 g/mol. The highest BCUT2D eigenvalue weighted by Crippen LogP contribution is 2.29. The van der Waals surface area contributed by atoms with E-state index in [0.717, 1.165) is 31.0 Å². The molecule has 0 aliphatic carbocycles. The highest BCUT2D eigenvalue weighted by molar-refractivity contribution is 6.30. The topological polar surface area (TPSA) is 38.5 Å². The van der Waals surface area contributed by atoms with Gasteiger partial charge in [0, 0.05) is 29.3 Å². The van der Waals surface area contributed by atoms with Gasteiger partial charge >= 0.3 is 0 Å². The number of nitrogens with two attached hydrogens (primary N) is 1. The van der Waals surface area contributed by atoms with Gasteiger partial charge in [0.2, 0.25) is 0 Å². The molecule has 3 atom stereocenters. The van der Waals surface area contributed by atoms with Gasteiger partial charge in [-0.05, 0) is 44.4 Å². The minimum absolute atomic E-state index is 0.198. The Kier molecular flexibility index (Phi) is 5.30. The van der Waals surface area contributed by atoms with Crippen molar-refractivity contribution in [3.8, 4) is 0 Å². The Labute approximate surface area is 127 Å². The first-order valence-electron chi connectivity index (χ1n) is 7.43. The molecule has 0 radical (unpaired) electrons. The second-order valence-corrected chi connectivity index (χ2v) is 6.23. The van der Waals surface area contributed by atoms with E-state index in [2.05, 4.69) is 37.8 Å². The van der Waals surface area contributed by atoms with Crippen LogP contribution in [0.25, 0.3) is 0 Å². The van der Waals surface area contributed by atoms with Crippen LogP contribution >= 0.6 is 11.6 Å². The van der Waals surface area contributed by atoms with Crippen LogP contribution < -0.4 is 10.6 Å². The second kappa shape index (κ2) is 6.79. The maximum atomic E-state index is 6.20. The van der Waals surface area contributed by atoms with Crippen LogP contribution in [0.2, 0.25) is 5.02 Å². The highest BCUT2D eigenvalue weighted by Gasteiger charge is 2.25. The van der Waals surface area contributed by atoms with Gasteiger partial charge in [0.1, 0.15) is 0 Å². The lowest BCUT2D eigenvalue weighted by atomic mass is 10.0. The van der Waals surface area contributed by atoms with Gasteiger partial charge < -0.3 is 15.4 Å². The van der Waals surface area contributed by atoms with Crippen molar-refractivity contribution in [2.75, 3.05) is 18.1 Å². The van der Waals surface area contributed by atoms with Crippen molar-refractivity contribution in [3.63, 3.8) is 0 Å². The number of benzene rings is 1. The molecule has 0 spiro atoms. The maximum Gasteiger partial charge on any atom is 0.0723 e. The van der Waals surface area contributed by atoms with E-state index in [9.17, 15) is 0 Å². The quantitative estimate of drug-likeness (QED) is 0.927. The highest BCUT2D eigenvalue weighted by atomic mass is 35.5. The second-order valence-electron chi connectivity index (χ2n) is 5.79. The smallest absolute Gasteiger partial charge is 0.0723 e. The zero-order chi connectivity index (χ0) is 14.7. The van der Waals surface area contributed by atoms with E-state index in [1.165, 1.54) is 11.3 Å². The SMILES string of the molecule is CCC(N)Cc1ccc(Cl)cc1N1CC(C)OCC1C. The van der Waals surface area contributed by atoms with Crippen LogP contribution in [0.5, 0.6) is 0 Å². The molecule has 0 aromatic heterocycles. The summed E-state index contributed by atoms with van der Waals surface area (Å²) >= 11 is 6.20. The number of ether oxygens (including phenoxy) is 1. The molecule has 0 bridgehead atoms. The molecule has 0 saturated carbocycles. The number of morpholine rings is 1. The Morgan fingerprint density at radius 3 is 2.90 bits per heavy atom. The minimum Gasteiger partial charge on any atom is -0.375 e. The number of halogens is 1. The number of nitrogens with zero attached hydrogens (tertiary/aromatic N) is 1. The third-order valence-corrected chi connectivity index (χ3v) is 4.21. The van der Waals surface area contributed by atoms with Gasteiger partial charge in [0.15, 0.2) is 0 Å². The van der Waals surface area contributed by atoms with E-state index in [1.54, 1.807) is 0 Å². The van der Waals surface area contributed by atoms with Crippen molar-refractivity contribution >= 4 is 17.3 Å². The lowest BCUT2D eigenvalue weighted by molar-refractivity contribution is 0.0343. The zero-order valence-electron chi connectivity index (χ0n) is 12.6. The molecular formula is C16H25ClN2O. The first-order valence-corrected chi connectivity index (χ1v) is 7.81. The summed E-state index contributed by atoms with van der Waals surface area (Å²) in [6, 6.07) is 6.69. The van der Waals surface area contributed by atoms with Gasteiger partial charge in [-0.2, -0.15) is 0 Å².